The number of nitrogens with one attached hydrogen (secondary N) is 1. The number of nitrogens with zero attached hydrogens (tertiary/aromatic N) is 1. The zero-order valence-corrected chi connectivity index (χ0v) is 12.8. The van der Waals surface area contributed by atoms with E-state index in [1.54, 1.807) is 6.07 Å². The summed E-state index contributed by atoms with van der Waals surface area (Å²) in [6.07, 6.45) is 3.60. The number of nitrogens with two attached hydrogens (primary N) is 1. The van der Waals surface area contributed by atoms with Gasteiger partial charge >= 0.3 is 0 Å². The van der Waals surface area contributed by atoms with E-state index in [1.165, 1.54) is 0 Å². The van der Waals surface area contributed by atoms with Crippen molar-refractivity contribution in [3.63, 3.8) is 0 Å². The molecule has 0 bridgehead atoms. The van der Waals surface area contributed by atoms with E-state index in [2.05, 4.69) is 26.1 Å². The van der Waals surface area contributed by atoms with Crippen LogP contribution in [0.15, 0.2) is 12.3 Å². The molecule has 114 valence electrons. The third-order valence-corrected chi connectivity index (χ3v) is 2.82. The second kappa shape index (κ2) is 8.64. The van der Waals surface area contributed by atoms with E-state index >= 15 is 0 Å². The number of nitrogen functional groups attached to an aromatic ring is 1. The van der Waals surface area contributed by atoms with Crippen LogP contribution in [0.3, 0.4) is 0 Å². The second-order valence-electron chi connectivity index (χ2n) is 5.43. The fraction of sp³-hybridized carbons (Fsp3) is 0.667. The smallest absolute Gasteiger partial charge is 0.267 e. The largest absolute Gasteiger partial charge is 0.397 e. The molecule has 1 rings (SSSR count). The molecule has 0 unspecified atom stereocenters. The normalized spacial score (nSPS) is 11.0. The molecule has 0 aliphatic heterocycles. The molecule has 0 aromatic carbocycles. The highest BCUT2D eigenvalue weighted by Crippen LogP contribution is 2.11. The van der Waals surface area contributed by atoms with Crippen molar-refractivity contribution in [3.8, 4) is 0 Å². The van der Waals surface area contributed by atoms with Crippen molar-refractivity contribution >= 4 is 11.6 Å². The lowest BCUT2D eigenvalue weighted by molar-refractivity contribution is 0.0916. The highest BCUT2D eigenvalue weighted by Gasteiger charge is 2.11. The van der Waals surface area contributed by atoms with Crippen LogP contribution in [0.4, 0.5) is 5.69 Å². The zero-order chi connectivity index (χ0) is 15.0. The van der Waals surface area contributed by atoms with E-state index in [9.17, 15) is 4.79 Å². The van der Waals surface area contributed by atoms with E-state index < -0.39 is 0 Å². The van der Waals surface area contributed by atoms with Gasteiger partial charge in [0, 0.05) is 32.5 Å². The fourth-order valence-electron chi connectivity index (χ4n) is 1.94. The van der Waals surface area contributed by atoms with Crippen LogP contribution < -0.4 is 11.1 Å². The lowest BCUT2D eigenvalue weighted by atomic mass is 10.2. The van der Waals surface area contributed by atoms with E-state index in [-0.39, 0.29) is 5.91 Å². The second-order valence-corrected chi connectivity index (χ2v) is 5.43. The van der Waals surface area contributed by atoms with E-state index in [4.69, 9.17) is 10.5 Å². The summed E-state index contributed by atoms with van der Waals surface area (Å²) in [6, 6.07) is 1.72. The van der Waals surface area contributed by atoms with Gasteiger partial charge in [-0.25, -0.2) is 0 Å². The maximum atomic E-state index is 12.1. The van der Waals surface area contributed by atoms with Crippen LogP contribution in [0.2, 0.25) is 0 Å². The Kier molecular flexibility index (Phi) is 7.15. The Morgan fingerprint density at radius 2 is 2.25 bits per heavy atom. The van der Waals surface area contributed by atoms with Crippen molar-refractivity contribution in [2.24, 2.45) is 5.92 Å². The molecular weight excluding hydrogens is 254 g/mol. The molecule has 1 aromatic rings. The molecule has 0 spiro atoms. The number of aromatic nitrogens is 1. The molecule has 1 heterocycles. The predicted molar refractivity (Wildman–Crippen MR) is 81.7 cm³/mol. The summed E-state index contributed by atoms with van der Waals surface area (Å²) in [5, 5.41) is 2.90. The monoisotopic (exact) mass is 281 g/mol. The molecule has 5 heteroatoms. The Labute approximate surface area is 121 Å². The first-order valence-corrected chi connectivity index (χ1v) is 7.36. The summed E-state index contributed by atoms with van der Waals surface area (Å²) >= 11 is 0. The first-order valence-electron chi connectivity index (χ1n) is 7.36. The summed E-state index contributed by atoms with van der Waals surface area (Å²) < 4.78 is 7.38. The van der Waals surface area contributed by atoms with E-state index in [1.807, 2.05) is 10.8 Å². The zero-order valence-electron chi connectivity index (χ0n) is 12.8. The number of ether oxygens (including phenoxy) is 1. The van der Waals surface area contributed by atoms with Crippen molar-refractivity contribution in [1.29, 1.82) is 0 Å². The minimum Gasteiger partial charge on any atom is -0.397 e. The van der Waals surface area contributed by atoms with Gasteiger partial charge in [0.2, 0.25) is 0 Å². The third kappa shape index (κ3) is 5.65. The first-order chi connectivity index (χ1) is 9.54. The Morgan fingerprint density at radius 3 is 2.90 bits per heavy atom. The van der Waals surface area contributed by atoms with Gasteiger partial charge in [-0.3, -0.25) is 4.79 Å². The maximum absolute atomic E-state index is 12.1. The van der Waals surface area contributed by atoms with Crippen LogP contribution >= 0.6 is 0 Å². The summed E-state index contributed by atoms with van der Waals surface area (Å²) in [5.74, 6) is 0.476. The van der Waals surface area contributed by atoms with Crippen LogP contribution in [-0.4, -0.2) is 30.2 Å². The van der Waals surface area contributed by atoms with Crippen LogP contribution in [0, 0.1) is 5.92 Å². The number of aryl methyl sites for hydroxylation is 1. The van der Waals surface area contributed by atoms with E-state index in [0.717, 1.165) is 26.0 Å². The number of hydrogen-bond donors (Lipinski definition) is 2. The van der Waals surface area contributed by atoms with Crippen molar-refractivity contribution in [2.45, 2.75) is 40.2 Å². The molecule has 0 saturated heterocycles. The van der Waals surface area contributed by atoms with Crippen LogP contribution in [-0.2, 0) is 11.3 Å². The van der Waals surface area contributed by atoms with Gasteiger partial charge in [-0.15, -0.1) is 0 Å². The van der Waals surface area contributed by atoms with Crippen molar-refractivity contribution < 1.29 is 9.53 Å². The van der Waals surface area contributed by atoms with Crippen LogP contribution in [0.25, 0.3) is 0 Å². The third-order valence-electron chi connectivity index (χ3n) is 2.82. The van der Waals surface area contributed by atoms with Crippen LogP contribution in [0.1, 0.15) is 44.1 Å². The van der Waals surface area contributed by atoms with Gasteiger partial charge in [-0.05, 0) is 24.8 Å². The van der Waals surface area contributed by atoms with Crippen molar-refractivity contribution in [2.75, 3.05) is 25.5 Å². The summed E-state index contributed by atoms with van der Waals surface area (Å²) in [5.41, 5.74) is 7.01. The summed E-state index contributed by atoms with van der Waals surface area (Å²) in [4.78, 5) is 12.1. The standard InChI is InChI=1S/C15H27N3O2/c1-4-7-18-10-13(16)9-14(18)15(19)17-6-5-8-20-11-12(2)3/h9-10,12H,4-8,11,16H2,1-3H3,(H,17,19). The molecule has 5 nitrogen and oxygen atoms in total. The molecule has 0 saturated carbocycles. The molecule has 0 aliphatic carbocycles. The van der Waals surface area contributed by atoms with Gasteiger partial charge in [0.25, 0.3) is 5.91 Å². The molecule has 20 heavy (non-hydrogen) atoms. The minimum atomic E-state index is -0.0704. The molecule has 0 fully saturated rings. The average Bonchev–Trinajstić information content (AvgIpc) is 2.74. The molecule has 0 aliphatic rings. The number of anilines is 1. The topological polar surface area (TPSA) is 69.3 Å². The van der Waals surface area contributed by atoms with Gasteiger partial charge in [0.1, 0.15) is 5.69 Å². The maximum Gasteiger partial charge on any atom is 0.267 e. The minimum absolute atomic E-state index is 0.0704. The quantitative estimate of drug-likeness (QED) is 0.682. The summed E-state index contributed by atoms with van der Waals surface area (Å²) in [6.45, 7) is 9.18. The van der Waals surface area contributed by atoms with Crippen LogP contribution in [0.5, 0.6) is 0 Å². The number of carbonyl (C=O) groups is 1. The Hall–Kier alpha value is -1.49. The molecule has 0 atom stereocenters. The molecule has 3 N–H and O–H groups in total. The summed E-state index contributed by atoms with van der Waals surface area (Å²) in [7, 11) is 0. The Balaban J connectivity index is 2.32. The molecular formula is C15H27N3O2. The molecule has 1 amide bonds. The SMILES string of the molecule is CCCn1cc(N)cc1C(=O)NCCCOCC(C)C. The van der Waals surface area contributed by atoms with Crippen molar-refractivity contribution in [3.05, 3.63) is 18.0 Å². The van der Waals surface area contributed by atoms with Gasteiger partial charge in [0.15, 0.2) is 0 Å². The number of rotatable bonds is 9. The van der Waals surface area contributed by atoms with Gasteiger partial charge in [-0.2, -0.15) is 0 Å². The van der Waals surface area contributed by atoms with E-state index in [0.29, 0.717) is 30.5 Å². The van der Waals surface area contributed by atoms with Gasteiger partial charge in [0.05, 0.1) is 5.69 Å². The Morgan fingerprint density at radius 1 is 1.50 bits per heavy atom. The van der Waals surface area contributed by atoms with Gasteiger partial charge < -0.3 is 20.4 Å². The average molecular weight is 281 g/mol. The van der Waals surface area contributed by atoms with Gasteiger partial charge in [-0.1, -0.05) is 20.8 Å². The Bertz CT molecular complexity index is 413. The lowest BCUT2D eigenvalue weighted by Gasteiger charge is -2.09. The first kappa shape index (κ1) is 16.6. The molecule has 1 aromatic heterocycles. The predicted octanol–water partition coefficient (Wildman–Crippen LogP) is 2.27. The lowest BCUT2D eigenvalue weighted by Crippen LogP contribution is -2.27. The fourth-order valence-corrected chi connectivity index (χ4v) is 1.94. The highest BCUT2D eigenvalue weighted by molar-refractivity contribution is 5.93. The molecule has 0 radical (unpaired) electrons. The number of carbonyl (C=O) groups excluding carboxylic acids is 1. The highest BCUT2D eigenvalue weighted by atomic mass is 16.5. The number of amides is 1. The number of hydrogen-bond acceptors (Lipinski definition) is 3. The van der Waals surface area contributed by atoms with Crippen molar-refractivity contribution in [1.82, 2.24) is 9.88 Å².